The molecule has 0 fully saturated rings. The second-order valence-electron chi connectivity index (χ2n) is 7.28. The molecular formula is C20H22F2N4O3. The van der Waals surface area contributed by atoms with Crippen LogP contribution in [0.3, 0.4) is 0 Å². The number of nitrogens with two attached hydrogens (primary N) is 1. The van der Waals surface area contributed by atoms with Crippen LogP contribution in [0, 0.1) is 6.92 Å². The first-order valence-electron chi connectivity index (χ1n) is 8.88. The highest BCUT2D eigenvalue weighted by Crippen LogP contribution is 2.37. The molecule has 0 spiro atoms. The number of ether oxygens (including phenoxy) is 1. The van der Waals surface area contributed by atoms with E-state index in [1.165, 1.54) is 19.9 Å². The molecule has 2 aromatic heterocycles. The number of nitrogens with zero attached hydrogens (tertiary/aromatic N) is 1. The molecule has 0 saturated carbocycles. The number of H-pyrrole nitrogens is 1. The summed E-state index contributed by atoms with van der Waals surface area (Å²) in [5, 5.41) is 13.2. The van der Waals surface area contributed by atoms with Gasteiger partial charge < -0.3 is 25.9 Å². The Morgan fingerprint density at radius 1 is 1.28 bits per heavy atom. The fourth-order valence-electron chi connectivity index (χ4n) is 2.95. The molecule has 0 bridgehead atoms. The topological polar surface area (TPSA) is 113 Å². The van der Waals surface area contributed by atoms with E-state index in [1.807, 2.05) is 13.0 Å². The molecule has 9 heteroatoms. The van der Waals surface area contributed by atoms with E-state index in [1.54, 1.807) is 24.4 Å². The van der Waals surface area contributed by atoms with Crippen LogP contribution in [0.15, 0.2) is 36.5 Å². The largest absolute Gasteiger partial charge is 0.434 e. The summed E-state index contributed by atoms with van der Waals surface area (Å²) in [6, 6.07) is 6.77. The average Bonchev–Trinajstić information content (AvgIpc) is 3.00. The minimum Gasteiger partial charge on any atom is -0.434 e. The molecule has 0 aliphatic carbocycles. The molecular weight excluding hydrogens is 382 g/mol. The third-order valence-corrected chi connectivity index (χ3v) is 4.47. The zero-order valence-electron chi connectivity index (χ0n) is 16.2. The predicted molar refractivity (Wildman–Crippen MR) is 106 cm³/mol. The number of anilines is 1. The van der Waals surface area contributed by atoms with Crippen LogP contribution in [0.25, 0.3) is 22.2 Å². The monoisotopic (exact) mass is 404 g/mol. The molecule has 7 nitrogen and oxygen atoms in total. The number of carbonyl (C=O) groups is 1. The fraction of sp³-hybridized carbons (Fsp3) is 0.300. The number of aromatic amines is 1. The van der Waals surface area contributed by atoms with Gasteiger partial charge in [0.1, 0.15) is 17.4 Å². The Kier molecular flexibility index (Phi) is 5.54. The summed E-state index contributed by atoms with van der Waals surface area (Å²) >= 11 is 0. The highest BCUT2D eigenvalue weighted by atomic mass is 19.3. The van der Waals surface area contributed by atoms with Crippen LogP contribution < -0.4 is 15.8 Å². The van der Waals surface area contributed by atoms with Crippen LogP contribution in [0.2, 0.25) is 0 Å². The number of fused-ring (bicyclic) bond motifs is 1. The molecule has 1 atom stereocenters. The maximum Gasteiger partial charge on any atom is 0.387 e. The summed E-state index contributed by atoms with van der Waals surface area (Å²) in [6.07, 6.45) is 1.57. The van der Waals surface area contributed by atoms with Gasteiger partial charge in [0.05, 0.1) is 5.60 Å². The number of halogens is 2. The van der Waals surface area contributed by atoms with E-state index in [9.17, 15) is 18.7 Å². The van der Waals surface area contributed by atoms with Gasteiger partial charge in [0.25, 0.3) is 0 Å². The van der Waals surface area contributed by atoms with Gasteiger partial charge in [0.15, 0.2) is 0 Å². The summed E-state index contributed by atoms with van der Waals surface area (Å²) in [5.41, 5.74) is 7.06. The van der Waals surface area contributed by atoms with E-state index in [-0.39, 0.29) is 11.4 Å². The predicted octanol–water partition coefficient (Wildman–Crippen LogP) is 3.18. The highest BCUT2D eigenvalue weighted by molar-refractivity contribution is 5.98. The van der Waals surface area contributed by atoms with Gasteiger partial charge in [0.2, 0.25) is 5.91 Å². The number of benzene rings is 1. The minimum atomic E-state index is -3.05. The molecule has 0 aliphatic rings. The van der Waals surface area contributed by atoms with E-state index in [2.05, 4.69) is 15.3 Å². The van der Waals surface area contributed by atoms with Crippen molar-refractivity contribution in [2.75, 3.05) is 5.32 Å². The van der Waals surface area contributed by atoms with Crippen molar-refractivity contribution in [2.24, 2.45) is 5.73 Å². The first-order valence-corrected chi connectivity index (χ1v) is 8.88. The molecule has 0 saturated heterocycles. The summed E-state index contributed by atoms with van der Waals surface area (Å²) in [7, 11) is 0. The third kappa shape index (κ3) is 4.52. The van der Waals surface area contributed by atoms with Gasteiger partial charge in [-0.05, 0) is 50.6 Å². The Hall–Kier alpha value is -3.04. The van der Waals surface area contributed by atoms with Gasteiger partial charge in [-0.15, -0.1) is 0 Å². The quantitative estimate of drug-likeness (QED) is 0.504. The lowest BCUT2D eigenvalue weighted by molar-refractivity contribution is -0.122. The summed E-state index contributed by atoms with van der Waals surface area (Å²) < 4.78 is 30.8. The van der Waals surface area contributed by atoms with E-state index >= 15 is 0 Å². The first-order chi connectivity index (χ1) is 13.6. The van der Waals surface area contributed by atoms with Crippen molar-refractivity contribution in [3.63, 3.8) is 0 Å². The Morgan fingerprint density at radius 3 is 2.66 bits per heavy atom. The molecule has 3 rings (SSSR count). The maximum atomic E-state index is 13.0. The fourth-order valence-corrected chi connectivity index (χ4v) is 2.95. The number of aliphatic hydroxyl groups is 1. The molecule has 3 aromatic rings. The van der Waals surface area contributed by atoms with Crippen molar-refractivity contribution in [3.8, 4) is 16.9 Å². The Bertz CT molecular complexity index is 1040. The SMILES string of the molecule is Cc1cc2c(-c3ccc(NC(=O)[C@H](N)C(C)(C)O)cc3OC(F)F)ccnc2[nH]1. The van der Waals surface area contributed by atoms with E-state index in [0.29, 0.717) is 16.8 Å². The van der Waals surface area contributed by atoms with Gasteiger partial charge in [-0.3, -0.25) is 4.79 Å². The van der Waals surface area contributed by atoms with Gasteiger partial charge in [-0.1, -0.05) is 0 Å². The van der Waals surface area contributed by atoms with Crippen LogP contribution in [-0.4, -0.2) is 39.2 Å². The Labute approximate surface area is 165 Å². The average molecular weight is 404 g/mol. The van der Waals surface area contributed by atoms with Crippen LogP contribution >= 0.6 is 0 Å². The zero-order chi connectivity index (χ0) is 21.3. The van der Waals surface area contributed by atoms with Crippen molar-refractivity contribution in [1.82, 2.24) is 9.97 Å². The van der Waals surface area contributed by atoms with Gasteiger partial charge >= 0.3 is 6.61 Å². The molecule has 1 amide bonds. The molecule has 2 heterocycles. The lowest BCUT2D eigenvalue weighted by Crippen LogP contribution is -2.51. The number of rotatable bonds is 6. The van der Waals surface area contributed by atoms with Gasteiger partial charge in [-0.25, -0.2) is 4.98 Å². The second kappa shape index (κ2) is 7.76. The highest BCUT2D eigenvalue weighted by Gasteiger charge is 2.29. The van der Waals surface area contributed by atoms with Gasteiger partial charge in [0, 0.05) is 34.6 Å². The van der Waals surface area contributed by atoms with Crippen molar-refractivity contribution < 1.29 is 23.4 Å². The first kappa shape index (κ1) is 20.7. The van der Waals surface area contributed by atoms with Crippen molar-refractivity contribution >= 4 is 22.6 Å². The van der Waals surface area contributed by atoms with E-state index < -0.39 is 24.2 Å². The minimum absolute atomic E-state index is 0.110. The van der Waals surface area contributed by atoms with Crippen LogP contribution in [-0.2, 0) is 4.79 Å². The van der Waals surface area contributed by atoms with Crippen molar-refractivity contribution in [3.05, 3.63) is 42.2 Å². The molecule has 0 unspecified atom stereocenters. The number of carbonyl (C=O) groups excluding carboxylic acids is 1. The van der Waals surface area contributed by atoms with Crippen molar-refractivity contribution in [1.29, 1.82) is 0 Å². The molecule has 0 aliphatic heterocycles. The summed E-state index contributed by atoms with van der Waals surface area (Å²) in [6.45, 7) is 1.62. The number of aryl methyl sites for hydroxylation is 1. The Morgan fingerprint density at radius 2 is 2.00 bits per heavy atom. The number of pyridine rings is 1. The van der Waals surface area contributed by atoms with Crippen LogP contribution in [0.5, 0.6) is 5.75 Å². The number of amides is 1. The Balaban J connectivity index is 2.01. The molecule has 154 valence electrons. The number of alkyl halides is 2. The number of aromatic nitrogens is 2. The summed E-state index contributed by atoms with van der Waals surface area (Å²) in [5.74, 6) is -0.762. The number of hydrogen-bond acceptors (Lipinski definition) is 5. The van der Waals surface area contributed by atoms with Crippen LogP contribution in [0.4, 0.5) is 14.5 Å². The molecule has 0 radical (unpaired) electrons. The lowest BCUT2D eigenvalue weighted by Gasteiger charge is -2.24. The standard InChI is InChI=1S/C20H22F2N4O3/c1-10-8-14-12(6-7-24-17(14)25-10)13-5-4-11(9-15(13)29-19(21)22)26-18(27)16(23)20(2,3)28/h4-9,16,19,28H,23H2,1-3H3,(H,24,25)(H,26,27)/t16-/m0/s1. The summed E-state index contributed by atoms with van der Waals surface area (Å²) in [4.78, 5) is 19.6. The van der Waals surface area contributed by atoms with Gasteiger partial charge in [-0.2, -0.15) is 8.78 Å². The third-order valence-electron chi connectivity index (χ3n) is 4.47. The zero-order valence-corrected chi connectivity index (χ0v) is 16.2. The normalized spacial score (nSPS) is 13.0. The van der Waals surface area contributed by atoms with Crippen LogP contribution in [0.1, 0.15) is 19.5 Å². The molecule has 5 N–H and O–H groups in total. The second-order valence-corrected chi connectivity index (χ2v) is 7.28. The molecule has 1 aromatic carbocycles. The number of nitrogens with one attached hydrogen (secondary N) is 2. The molecule has 29 heavy (non-hydrogen) atoms. The lowest BCUT2D eigenvalue weighted by atomic mass is 9.99. The maximum absolute atomic E-state index is 13.0. The smallest absolute Gasteiger partial charge is 0.387 e. The van der Waals surface area contributed by atoms with E-state index in [4.69, 9.17) is 10.5 Å². The number of hydrogen-bond donors (Lipinski definition) is 4. The van der Waals surface area contributed by atoms with E-state index in [0.717, 1.165) is 11.1 Å². The van der Waals surface area contributed by atoms with Crippen molar-refractivity contribution in [2.45, 2.75) is 39.0 Å².